The minimum atomic E-state index is -0.403. The van der Waals surface area contributed by atoms with Gasteiger partial charge in [-0.3, -0.25) is 9.59 Å². The Bertz CT molecular complexity index is 1360. The number of aromatic amines is 1. The van der Waals surface area contributed by atoms with Crippen LogP contribution < -0.4 is 10.9 Å². The van der Waals surface area contributed by atoms with Crippen LogP contribution in [0.2, 0.25) is 0 Å². The van der Waals surface area contributed by atoms with Crippen LogP contribution in [0, 0.1) is 26.6 Å². The Balaban J connectivity index is 1.46. The number of halogens is 1. The maximum absolute atomic E-state index is 13.3. The minimum absolute atomic E-state index is 0.150. The lowest BCUT2D eigenvalue weighted by Gasteiger charge is -2.13. The predicted octanol–water partition coefficient (Wildman–Crippen LogP) is 4.50. The molecule has 4 rings (SSSR count). The summed E-state index contributed by atoms with van der Waals surface area (Å²) in [7, 11) is 0. The van der Waals surface area contributed by atoms with Crippen LogP contribution >= 0.6 is 23.1 Å². The maximum atomic E-state index is 13.3. The van der Waals surface area contributed by atoms with E-state index in [1.165, 1.54) is 35.2 Å². The average molecular weight is 472 g/mol. The molecule has 32 heavy (non-hydrogen) atoms. The van der Waals surface area contributed by atoms with Crippen molar-refractivity contribution in [3.8, 4) is 5.69 Å². The van der Waals surface area contributed by atoms with E-state index in [2.05, 4.69) is 20.4 Å². The first-order valence-electron chi connectivity index (χ1n) is 9.97. The second kappa shape index (κ2) is 8.87. The highest BCUT2D eigenvalue weighted by atomic mass is 32.2. The molecule has 1 amide bonds. The highest BCUT2D eigenvalue weighted by Crippen LogP contribution is 2.27. The fourth-order valence-electron chi connectivity index (χ4n) is 3.24. The zero-order valence-corrected chi connectivity index (χ0v) is 19.7. The Labute approximate surface area is 192 Å². The monoisotopic (exact) mass is 471 g/mol. The van der Waals surface area contributed by atoms with E-state index in [0.717, 1.165) is 21.0 Å². The average Bonchev–Trinajstić information content (AvgIpc) is 3.25. The molecule has 4 aromatic rings. The molecule has 7 nitrogen and oxygen atoms in total. The number of rotatable bonds is 6. The van der Waals surface area contributed by atoms with Crippen molar-refractivity contribution in [1.29, 1.82) is 0 Å². The topological polar surface area (TPSA) is 92.7 Å². The number of nitrogens with zero attached hydrogens (tertiary/aromatic N) is 3. The van der Waals surface area contributed by atoms with Gasteiger partial charge in [0.15, 0.2) is 0 Å². The maximum Gasteiger partial charge on any atom is 0.259 e. The van der Waals surface area contributed by atoms with Gasteiger partial charge >= 0.3 is 0 Å². The molecule has 0 spiro atoms. The van der Waals surface area contributed by atoms with Gasteiger partial charge < -0.3 is 10.3 Å². The fourth-order valence-corrected chi connectivity index (χ4v) is 5.05. The van der Waals surface area contributed by atoms with E-state index >= 15 is 0 Å². The number of thioether (sulfide) groups is 1. The van der Waals surface area contributed by atoms with Crippen molar-refractivity contribution in [1.82, 2.24) is 19.7 Å². The predicted molar refractivity (Wildman–Crippen MR) is 127 cm³/mol. The van der Waals surface area contributed by atoms with Crippen molar-refractivity contribution >= 4 is 45.0 Å². The number of H-pyrrole nitrogens is 1. The standard InChI is InChI=1S/C22H22FN5O2S2/c1-11-9-18(28(27-11)16-7-5-15(23)6-8-16)26-20(29)14(4)31-10-17-24-21(30)19-12(2)13(3)32-22(19)25-17/h5-9,14H,10H2,1-4H3,(H,26,29)(H,24,25,30). The lowest BCUT2D eigenvalue weighted by atomic mass is 10.2. The minimum Gasteiger partial charge on any atom is -0.310 e. The van der Waals surface area contributed by atoms with E-state index in [0.29, 0.717) is 28.5 Å². The molecule has 0 aliphatic carbocycles. The van der Waals surface area contributed by atoms with E-state index < -0.39 is 5.25 Å². The summed E-state index contributed by atoms with van der Waals surface area (Å²) in [6, 6.07) is 7.64. The molecule has 2 N–H and O–H groups in total. The molecule has 1 unspecified atom stereocenters. The summed E-state index contributed by atoms with van der Waals surface area (Å²) in [5.41, 5.74) is 2.18. The van der Waals surface area contributed by atoms with Crippen LogP contribution in [-0.4, -0.2) is 30.9 Å². The molecular weight excluding hydrogens is 449 g/mol. The van der Waals surface area contributed by atoms with Gasteiger partial charge in [0.05, 0.1) is 27.8 Å². The lowest BCUT2D eigenvalue weighted by Crippen LogP contribution is -2.24. The first kappa shape index (κ1) is 22.2. The van der Waals surface area contributed by atoms with Gasteiger partial charge in [0.2, 0.25) is 5.91 Å². The molecule has 3 aromatic heterocycles. The second-order valence-electron chi connectivity index (χ2n) is 7.48. The van der Waals surface area contributed by atoms with Crippen LogP contribution in [0.25, 0.3) is 15.9 Å². The molecule has 0 aliphatic rings. The SMILES string of the molecule is Cc1cc(NC(=O)C(C)SCc2nc3sc(C)c(C)c3c(=O)[nH]2)n(-c2ccc(F)cc2)n1. The molecule has 0 fully saturated rings. The zero-order chi connectivity index (χ0) is 23.0. The third-order valence-corrected chi connectivity index (χ3v) is 7.34. The van der Waals surface area contributed by atoms with E-state index in [4.69, 9.17) is 0 Å². The molecule has 0 bridgehead atoms. The quantitative estimate of drug-likeness (QED) is 0.432. The summed E-state index contributed by atoms with van der Waals surface area (Å²) in [5, 5.41) is 7.51. The Morgan fingerprint density at radius 3 is 2.72 bits per heavy atom. The van der Waals surface area contributed by atoms with Crippen molar-refractivity contribution in [2.45, 2.75) is 38.7 Å². The van der Waals surface area contributed by atoms with Crippen molar-refractivity contribution in [2.75, 3.05) is 5.32 Å². The van der Waals surface area contributed by atoms with Crippen LogP contribution in [0.15, 0.2) is 35.1 Å². The number of aromatic nitrogens is 4. The summed E-state index contributed by atoms with van der Waals surface area (Å²) in [6.07, 6.45) is 0. The van der Waals surface area contributed by atoms with E-state index in [1.54, 1.807) is 29.8 Å². The number of hydrogen-bond acceptors (Lipinski definition) is 6. The van der Waals surface area contributed by atoms with Gasteiger partial charge in [-0.1, -0.05) is 0 Å². The molecule has 0 saturated heterocycles. The Morgan fingerprint density at radius 2 is 2.00 bits per heavy atom. The largest absolute Gasteiger partial charge is 0.310 e. The first-order chi connectivity index (χ1) is 15.2. The molecule has 0 saturated carbocycles. The highest BCUT2D eigenvalue weighted by molar-refractivity contribution is 7.99. The normalized spacial score (nSPS) is 12.3. The smallest absolute Gasteiger partial charge is 0.259 e. The third kappa shape index (κ3) is 4.46. The van der Waals surface area contributed by atoms with Crippen molar-refractivity contribution in [3.63, 3.8) is 0 Å². The molecule has 166 valence electrons. The summed E-state index contributed by atoms with van der Waals surface area (Å²) < 4.78 is 14.8. The zero-order valence-electron chi connectivity index (χ0n) is 18.0. The summed E-state index contributed by atoms with van der Waals surface area (Å²) >= 11 is 2.88. The third-order valence-electron chi connectivity index (χ3n) is 5.08. The number of carbonyl (C=O) groups excluding carboxylic acids is 1. The summed E-state index contributed by atoms with van der Waals surface area (Å²) in [5.74, 6) is 0.895. The Hall–Kier alpha value is -2.98. The molecule has 1 aromatic carbocycles. The van der Waals surface area contributed by atoms with Gasteiger partial charge in [-0.25, -0.2) is 14.1 Å². The van der Waals surface area contributed by atoms with Crippen molar-refractivity contribution < 1.29 is 9.18 Å². The number of benzene rings is 1. The van der Waals surface area contributed by atoms with E-state index in [1.807, 2.05) is 20.8 Å². The molecule has 0 aliphatic heterocycles. The number of anilines is 1. The highest BCUT2D eigenvalue weighted by Gasteiger charge is 2.18. The number of hydrogen-bond donors (Lipinski definition) is 2. The number of aryl methyl sites for hydroxylation is 3. The molecule has 0 radical (unpaired) electrons. The molecule has 10 heteroatoms. The second-order valence-corrected chi connectivity index (χ2v) is 10.0. The van der Waals surface area contributed by atoms with Crippen LogP contribution in [0.4, 0.5) is 10.2 Å². The van der Waals surface area contributed by atoms with E-state index in [9.17, 15) is 14.0 Å². The molecule has 3 heterocycles. The summed E-state index contributed by atoms with van der Waals surface area (Å²) in [4.78, 5) is 34.4. The number of amides is 1. The lowest BCUT2D eigenvalue weighted by molar-refractivity contribution is -0.115. The molecule has 1 atom stereocenters. The van der Waals surface area contributed by atoms with Crippen molar-refractivity contribution in [3.05, 3.63) is 68.5 Å². The van der Waals surface area contributed by atoms with Gasteiger partial charge in [-0.15, -0.1) is 23.1 Å². The van der Waals surface area contributed by atoms with Crippen LogP contribution in [0.5, 0.6) is 0 Å². The number of carbonyl (C=O) groups is 1. The van der Waals surface area contributed by atoms with Gasteiger partial charge in [-0.2, -0.15) is 5.10 Å². The molecular formula is C22H22FN5O2S2. The first-order valence-corrected chi connectivity index (χ1v) is 11.8. The Morgan fingerprint density at radius 1 is 1.28 bits per heavy atom. The van der Waals surface area contributed by atoms with Crippen LogP contribution in [0.1, 0.15) is 28.9 Å². The Kier molecular flexibility index (Phi) is 6.16. The number of fused-ring (bicyclic) bond motifs is 1. The van der Waals surface area contributed by atoms with Gasteiger partial charge in [0.1, 0.15) is 22.3 Å². The van der Waals surface area contributed by atoms with Gasteiger partial charge in [0.25, 0.3) is 5.56 Å². The number of nitrogens with one attached hydrogen (secondary N) is 2. The van der Waals surface area contributed by atoms with E-state index in [-0.39, 0.29) is 17.3 Å². The van der Waals surface area contributed by atoms with Crippen LogP contribution in [-0.2, 0) is 10.5 Å². The van der Waals surface area contributed by atoms with Crippen molar-refractivity contribution in [2.24, 2.45) is 0 Å². The number of thiophene rings is 1. The van der Waals surface area contributed by atoms with Crippen LogP contribution in [0.3, 0.4) is 0 Å². The van der Waals surface area contributed by atoms with Gasteiger partial charge in [-0.05, 0) is 57.5 Å². The fraction of sp³-hybridized carbons (Fsp3) is 0.273. The van der Waals surface area contributed by atoms with Gasteiger partial charge in [0, 0.05) is 10.9 Å². The summed E-state index contributed by atoms with van der Waals surface area (Å²) in [6.45, 7) is 7.51.